The quantitative estimate of drug-likeness (QED) is 0.613. The third-order valence-electron chi connectivity index (χ3n) is 1.80. The second-order valence-corrected chi connectivity index (χ2v) is 2.95. The number of alkyl halides is 1. The van der Waals surface area contributed by atoms with Crippen molar-refractivity contribution in [3.8, 4) is 0 Å². The molecule has 2 rings (SSSR count). The van der Waals surface area contributed by atoms with Gasteiger partial charge < -0.3 is 0 Å². The van der Waals surface area contributed by atoms with Crippen LogP contribution in [0.15, 0.2) is 18.2 Å². The van der Waals surface area contributed by atoms with Crippen LogP contribution in [0.1, 0.15) is 16.7 Å². The molecule has 0 aromatic heterocycles. The fourth-order valence-electron chi connectivity index (χ4n) is 1.17. The van der Waals surface area contributed by atoms with Gasteiger partial charge in [0, 0.05) is 5.33 Å². The van der Waals surface area contributed by atoms with Gasteiger partial charge in [-0.1, -0.05) is 46.3 Å². The molecule has 0 saturated carbocycles. The predicted octanol–water partition coefficient (Wildman–Crippen LogP) is 3.07. The molecule has 0 aliphatic heterocycles. The second kappa shape index (κ2) is 2.24. The van der Waals surface area contributed by atoms with Crippen molar-refractivity contribution in [1.82, 2.24) is 0 Å². The van der Waals surface area contributed by atoms with Gasteiger partial charge >= 0.3 is 0 Å². The number of halogens is 1. The highest BCUT2D eigenvalue weighted by Gasteiger charge is 2.07. The van der Waals surface area contributed by atoms with Crippen molar-refractivity contribution in [1.29, 1.82) is 0 Å². The summed E-state index contributed by atoms with van der Waals surface area (Å²) in [6.45, 7) is 0. The summed E-state index contributed by atoms with van der Waals surface area (Å²) in [7, 11) is 0. The second-order valence-electron chi connectivity index (χ2n) is 2.39. The number of hydrogen-bond acceptors (Lipinski definition) is 0. The Kier molecular flexibility index (Phi) is 1.38. The first kappa shape index (κ1) is 6.17. The molecular weight excluding hydrogens is 188 g/mol. The molecule has 1 aromatic carbocycles. The van der Waals surface area contributed by atoms with Gasteiger partial charge in [0.05, 0.1) is 0 Å². The van der Waals surface area contributed by atoms with E-state index in [2.05, 4.69) is 46.3 Å². The fourth-order valence-corrected chi connectivity index (χ4v) is 1.66. The van der Waals surface area contributed by atoms with Crippen LogP contribution in [0, 0.1) is 0 Å². The molecule has 1 aromatic rings. The third kappa shape index (κ3) is 0.739. The Morgan fingerprint density at radius 3 is 2.60 bits per heavy atom. The van der Waals surface area contributed by atoms with E-state index in [-0.39, 0.29) is 0 Å². The minimum Gasteiger partial charge on any atom is -0.0876 e. The van der Waals surface area contributed by atoms with Gasteiger partial charge in [0.25, 0.3) is 0 Å². The molecule has 0 unspecified atom stereocenters. The van der Waals surface area contributed by atoms with E-state index in [1.165, 1.54) is 16.7 Å². The highest BCUT2D eigenvalue weighted by Crippen LogP contribution is 2.27. The summed E-state index contributed by atoms with van der Waals surface area (Å²) in [6.07, 6.45) is 4.30. The number of benzene rings is 1. The van der Waals surface area contributed by atoms with Gasteiger partial charge in [0.15, 0.2) is 0 Å². The average molecular weight is 195 g/mol. The van der Waals surface area contributed by atoms with Gasteiger partial charge in [-0.3, -0.25) is 0 Å². The maximum atomic E-state index is 3.44. The van der Waals surface area contributed by atoms with Crippen LogP contribution in [0.5, 0.6) is 0 Å². The lowest BCUT2D eigenvalue weighted by molar-refractivity contribution is 1.38. The molecule has 0 spiro atoms. The molecule has 1 aliphatic carbocycles. The van der Waals surface area contributed by atoms with Crippen molar-refractivity contribution in [2.75, 3.05) is 0 Å². The third-order valence-corrected chi connectivity index (χ3v) is 2.41. The first-order valence-corrected chi connectivity index (χ1v) is 4.40. The minimum absolute atomic E-state index is 0.959. The molecule has 50 valence electrons. The standard InChI is InChI=1S/C9H7Br/c10-6-8-3-1-2-7-4-5-9(7)8/h1-5H,6H2. The molecule has 1 aliphatic rings. The number of hydrogen-bond donors (Lipinski definition) is 0. The van der Waals surface area contributed by atoms with Crippen LogP contribution in [0.4, 0.5) is 0 Å². The van der Waals surface area contributed by atoms with Crippen molar-refractivity contribution in [2.24, 2.45) is 0 Å². The van der Waals surface area contributed by atoms with Crippen LogP contribution in [0.25, 0.3) is 12.2 Å². The van der Waals surface area contributed by atoms with E-state index < -0.39 is 0 Å². The van der Waals surface area contributed by atoms with Crippen LogP contribution in [-0.4, -0.2) is 0 Å². The SMILES string of the molecule is BrCc1cccc2c1C=C2. The van der Waals surface area contributed by atoms with Gasteiger partial charge in [0.2, 0.25) is 0 Å². The molecule has 0 N–H and O–H groups in total. The van der Waals surface area contributed by atoms with Gasteiger partial charge in [-0.25, -0.2) is 0 Å². The molecule has 0 bridgehead atoms. The zero-order valence-electron chi connectivity index (χ0n) is 5.47. The van der Waals surface area contributed by atoms with Gasteiger partial charge in [-0.05, 0) is 16.7 Å². The number of fused-ring (bicyclic) bond motifs is 1. The van der Waals surface area contributed by atoms with Crippen molar-refractivity contribution in [3.05, 3.63) is 34.9 Å². The lowest BCUT2D eigenvalue weighted by Crippen LogP contribution is -1.93. The average Bonchev–Trinajstić information content (AvgIpc) is 1.91. The Morgan fingerprint density at radius 2 is 2.10 bits per heavy atom. The minimum atomic E-state index is 0.959. The van der Waals surface area contributed by atoms with Gasteiger partial charge in [-0.15, -0.1) is 0 Å². The molecule has 0 saturated heterocycles. The summed E-state index contributed by atoms with van der Waals surface area (Å²) in [5.41, 5.74) is 4.16. The monoisotopic (exact) mass is 194 g/mol. The molecule has 0 heterocycles. The maximum absolute atomic E-state index is 3.44. The van der Waals surface area contributed by atoms with E-state index in [0.717, 1.165) is 5.33 Å². The molecule has 1 heteroatoms. The summed E-state index contributed by atoms with van der Waals surface area (Å²) < 4.78 is 0. The predicted molar refractivity (Wildman–Crippen MR) is 48.0 cm³/mol. The highest BCUT2D eigenvalue weighted by atomic mass is 79.9. The smallest absolute Gasteiger partial charge is 0.0289 e. The molecule has 0 amide bonds. The molecular formula is C9H7Br. The van der Waals surface area contributed by atoms with Crippen molar-refractivity contribution >= 4 is 28.1 Å². The van der Waals surface area contributed by atoms with Crippen molar-refractivity contribution in [3.63, 3.8) is 0 Å². The Morgan fingerprint density at radius 1 is 1.20 bits per heavy atom. The first-order valence-electron chi connectivity index (χ1n) is 3.28. The lowest BCUT2D eigenvalue weighted by Gasteiger charge is -2.12. The van der Waals surface area contributed by atoms with E-state index in [0.29, 0.717) is 0 Å². The summed E-state index contributed by atoms with van der Waals surface area (Å²) in [6, 6.07) is 6.39. The van der Waals surface area contributed by atoms with Crippen molar-refractivity contribution in [2.45, 2.75) is 5.33 Å². The molecule has 0 radical (unpaired) electrons. The fraction of sp³-hybridized carbons (Fsp3) is 0.111. The van der Waals surface area contributed by atoms with Crippen molar-refractivity contribution < 1.29 is 0 Å². The molecule has 0 atom stereocenters. The topological polar surface area (TPSA) is 0 Å². The van der Waals surface area contributed by atoms with Crippen LogP contribution < -0.4 is 0 Å². The largest absolute Gasteiger partial charge is 0.0876 e. The van der Waals surface area contributed by atoms with Crippen LogP contribution in [0.2, 0.25) is 0 Å². The zero-order valence-corrected chi connectivity index (χ0v) is 7.06. The zero-order chi connectivity index (χ0) is 6.97. The first-order chi connectivity index (χ1) is 4.92. The Labute approximate surface area is 68.7 Å². The van der Waals surface area contributed by atoms with Gasteiger partial charge in [-0.2, -0.15) is 0 Å². The van der Waals surface area contributed by atoms with E-state index in [4.69, 9.17) is 0 Å². The Bertz CT molecular complexity index is 287. The lowest BCUT2D eigenvalue weighted by atomic mass is 9.94. The number of rotatable bonds is 1. The van der Waals surface area contributed by atoms with E-state index >= 15 is 0 Å². The summed E-state index contributed by atoms with van der Waals surface area (Å²) >= 11 is 3.44. The molecule has 0 nitrogen and oxygen atoms in total. The van der Waals surface area contributed by atoms with Crippen LogP contribution >= 0.6 is 15.9 Å². The normalized spacial score (nSPS) is 12.5. The molecule has 0 fully saturated rings. The van der Waals surface area contributed by atoms with E-state index in [1.54, 1.807) is 0 Å². The highest BCUT2D eigenvalue weighted by molar-refractivity contribution is 9.08. The van der Waals surface area contributed by atoms with E-state index in [1.807, 2.05) is 0 Å². The molecule has 10 heavy (non-hydrogen) atoms. The Balaban J connectivity index is 2.55. The summed E-state index contributed by atoms with van der Waals surface area (Å²) in [5.74, 6) is 0. The summed E-state index contributed by atoms with van der Waals surface area (Å²) in [4.78, 5) is 0. The maximum Gasteiger partial charge on any atom is 0.0289 e. The van der Waals surface area contributed by atoms with Gasteiger partial charge in [0.1, 0.15) is 0 Å². The van der Waals surface area contributed by atoms with E-state index in [9.17, 15) is 0 Å². The van der Waals surface area contributed by atoms with Crippen LogP contribution in [0.3, 0.4) is 0 Å². The Hall–Kier alpha value is -0.560. The van der Waals surface area contributed by atoms with Crippen LogP contribution in [-0.2, 0) is 5.33 Å². The summed E-state index contributed by atoms with van der Waals surface area (Å²) in [5, 5.41) is 0.959.